The molecule has 2 atom stereocenters. The Balaban J connectivity index is 2.39. The van der Waals surface area contributed by atoms with Gasteiger partial charge in [-0.15, -0.1) is 0 Å². The van der Waals surface area contributed by atoms with Crippen molar-refractivity contribution < 1.29 is 15.0 Å². The van der Waals surface area contributed by atoms with Gasteiger partial charge in [0, 0.05) is 0 Å². The van der Waals surface area contributed by atoms with Crippen LogP contribution in [0.25, 0.3) is 10.8 Å². The second-order valence-corrected chi connectivity index (χ2v) is 4.11. The Kier molecular flexibility index (Phi) is 3.22. The van der Waals surface area contributed by atoms with Crippen molar-refractivity contribution >= 4 is 16.6 Å². The van der Waals surface area contributed by atoms with Crippen LogP contribution in [-0.4, -0.2) is 22.1 Å². The fourth-order valence-electron chi connectivity index (χ4n) is 1.80. The maximum absolute atomic E-state index is 11.0. The van der Waals surface area contributed by atoms with E-state index in [1.165, 1.54) is 6.92 Å². The van der Waals surface area contributed by atoms with E-state index in [9.17, 15) is 15.0 Å². The smallest absolute Gasteiger partial charge is 0.161 e. The minimum absolute atomic E-state index is 0.439. The molecule has 3 heteroatoms. The molecule has 88 valence electrons. The van der Waals surface area contributed by atoms with Gasteiger partial charge in [0.05, 0.1) is 0 Å². The van der Waals surface area contributed by atoms with E-state index in [0.29, 0.717) is 5.56 Å². The summed E-state index contributed by atoms with van der Waals surface area (Å²) in [6, 6.07) is 13.1. The Bertz CT molecular complexity index is 548. The lowest BCUT2D eigenvalue weighted by Gasteiger charge is -2.16. The number of aliphatic hydroxyl groups is 2. The molecule has 0 saturated carbocycles. The Morgan fingerprint density at radius 1 is 1.06 bits per heavy atom. The number of fused-ring (bicyclic) bond motifs is 1. The number of hydrogen-bond acceptors (Lipinski definition) is 3. The lowest BCUT2D eigenvalue weighted by atomic mass is 9.99. The lowest BCUT2D eigenvalue weighted by Crippen LogP contribution is -2.25. The van der Waals surface area contributed by atoms with Crippen LogP contribution in [0, 0.1) is 0 Å². The van der Waals surface area contributed by atoms with E-state index in [2.05, 4.69) is 0 Å². The van der Waals surface area contributed by atoms with Crippen LogP contribution in [0.15, 0.2) is 42.5 Å². The molecule has 0 unspecified atom stereocenters. The predicted molar refractivity (Wildman–Crippen MR) is 65.6 cm³/mol. The first-order chi connectivity index (χ1) is 8.09. The summed E-state index contributed by atoms with van der Waals surface area (Å²) >= 11 is 0. The summed E-state index contributed by atoms with van der Waals surface area (Å²) < 4.78 is 0. The quantitative estimate of drug-likeness (QED) is 0.845. The van der Waals surface area contributed by atoms with Crippen LogP contribution in [0.5, 0.6) is 0 Å². The van der Waals surface area contributed by atoms with Crippen LogP contribution in [0.3, 0.4) is 0 Å². The van der Waals surface area contributed by atoms with E-state index in [1.807, 2.05) is 30.3 Å². The van der Waals surface area contributed by atoms with E-state index in [1.54, 1.807) is 12.1 Å². The highest BCUT2D eigenvalue weighted by Crippen LogP contribution is 2.22. The molecule has 2 N–H and O–H groups in total. The van der Waals surface area contributed by atoms with Gasteiger partial charge in [0.25, 0.3) is 0 Å². The molecule has 2 aromatic rings. The van der Waals surface area contributed by atoms with Crippen molar-refractivity contribution in [2.75, 3.05) is 0 Å². The molecule has 0 bridgehead atoms. The highest BCUT2D eigenvalue weighted by atomic mass is 16.3. The summed E-state index contributed by atoms with van der Waals surface area (Å²) in [5.41, 5.74) is 0.548. The molecule has 17 heavy (non-hydrogen) atoms. The molecule has 0 aromatic heterocycles. The molecule has 0 aliphatic heterocycles. The second-order valence-electron chi connectivity index (χ2n) is 4.11. The van der Waals surface area contributed by atoms with Gasteiger partial charge in [-0.1, -0.05) is 36.4 Å². The van der Waals surface area contributed by atoms with Crippen molar-refractivity contribution in [3.05, 3.63) is 48.0 Å². The lowest BCUT2D eigenvalue weighted by molar-refractivity contribution is -0.130. The van der Waals surface area contributed by atoms with Crippen molar-refractivity contribution in [2.24, 2.45) is 0 Å². The van der Waals surface area contributed by atoms with Crippen LogP contribution in [0.1, 0.15) is 18.6 Å². The van der Waals surface area contributed by atoms with E-state index in [4.69, 9.17) is 0 Å². The molecule has 0 amide bonds. The third-order valence-corrected chi connectivity index (χ3v) is 2.83. The van der Waals surface area contributed by atoms with Gasteiger partial charge in [-0.2, -0.15) is 0 Å². The number of rotatable bonds is 3. The first-order valence-electron chi connectivity index (χ1n) is 5.45. The molecule has 3 nitrogen and oxygen atoms in total. The Morgan fingerprint density at radius 3 is 2.35 bits per heavy atom. The molecule has 0 radical (unpaired) electrons. The fraction of sp³-hybridized carbons (Fsp3) is 0.214. The highest BCUT2D eigenvalue weighted by molar-refractivity contribution is 5.84. The summed E-state index contributed by atoms with van der Waals surface area (Å²) in [7, 11) is 0. The Hall–Kier alpha value is -1.71. The molecular weight excluding hydrogens is 216 g/mol. The SMILES string of the molecule is CC(=O)[C@@H](O)[C@@H](O)c1ccc2ccccc2c1. The number of ketones is 1. The van der Waals surface area contributed by atoms with Crippen molar-refractivity contribution in [2.45, 2.75) is 19.1 Å². The predicted octanol–water partition coefficient (Wildman–Crippen LogP) is 1.82. The van der Waals surface area contributed by atoms with Crippen LogP contribution in [-0.2, 0) is 4.79 Å². The van der Waals surface area contributed by atoms with E-state index >= 15 is 0 Å². The maximum Gasteiger partial charge on any atom is 0.161 e. The van der Waals surface area contributed by atoms with Gasteiger partial charge < -0.3 is 10.2 Å². The van der Waals surface area contributed by atoms with Crippen LogP contribution < -0.4 is 0 Å². The molecule has 2 aromatic carbocycles. The van der Waals surface area contributed by atoms with Crippen LogP contribution in [0.2, 0.25) is 0 Å². The summed E-state index contributed by atoms with van der Waals surface area (Å²) in [6.07, 6.45) is -2.53. The topological polar surface area (TPSA) is 57.5 Å². The highest BCUT2D eigenvalue weighted by Gasteiger charge is 2.22. The van der Waals surface area contributed by atoms with Gasteiger partial charge in [0.1, 0.15) is 12.2 Å². The van der Waals surface area contributed by atoms with Gasteiger partial charge in [-0.25, -0.2) is 0 Å². The zero-order valence-electron chi connectivity index (χ0n) is 9.50. The minimum Gasteiger partial charge on any atom is -0.385 e. The number of hydrogen-bond donors (Lipinski definition) is 2. The van der Waals surface area contributed by atoms with Crippen LogP contribution in [0.4, 0.5) is 0 Å². The zero-order valence-corrected chi connectivity index (χ0v) is 9.50. The van der Waals surface area contributed by atoms with Crippen LogP contribution >= 0.6 is 0 Å². The largest absolute Gasteiger partial charge is 0.385 e. The summed E-state index contributed by atoms with van der Waals surface area (Å²) in [5, 5.41) is 21.4. The van der Waals surface area contributed by atoms with E-state index in [-0.39, 0.29) is 0 Å². The standard InChI is InChI=1S/C14H14O3/c1-9(15)13(16)14(17)12-7-6-10-4-2-3-5-11(10)8-12/h2-8,13-14,16-17H,1H3/t13-,14+/m1/s1. The number of aliphatic hydroxyl groups excluding tert-OH is 2. The van der Waals surface area contributed by atoms with Gasteiger partial charge in [-0.3, -0.25) is 4.79 Å². The molecule has 0 aliphatic carbocycles. The van der Waals surface area contributed by atoms with Gasteiger partial charge >= 0.3 is 0 Å². The second kappa shape index (κ2) is 4.65. The van der Waals surface area contributed by atoms with Gasteiger partial charge in [-0.05, 0) is 29.3 Å². The molecular formula is C14H14O3. The molecule has 0 fully saturated rings. The first-order valence-corrected chi connectivity index (χ1v) is 5.45. The summed E-state index contributed by atoms with van der Waals surface area (Å²) in [6.45, 7) is 1.26. The average molecular weight is 230 g/mol. The van der Waals surface area contributed by atoms with Crippen molar-refractivity contribution in [3.8, 4) is 0 Å². The van der Waals surface area contributed by atoms with E-state index < -0.39 is 18.0 Å². The maximum atomic E-state index is 11.0. The average Bonchev–Trinajstić information content (AvgIpc) is 2.36. The molecule has 0 saturated heterocycles. The molecule has 0 aliphatic rings. The molecule has 0 spiro atoms. The number of carbonyl (C=O) groups is 1. The normalized spacial score (nSPS) is 14.5. The Labute approximate surface area is 99.3 Å². The summed E-state index contributed by atoms with van der Waals surface area (Å²) in [4.78, 5) is 11.0. The van der Waals surface area contributed by atoms with Crippen molar-refractivity contribution in [3.63, 3.8) is 0 Å². The van der Waals surface area contributed by atoms with Gasteiger partial charge in [0.15, 0.2) is 5.78 Å². The monoisotopic (exact) mass is 230 g/mol. The molecule has 2 rings (SSSR count). The molecule has 0 heterocycles. The third kappa shape index (κ3) is 2.35. The third-order valence-electron chi connectivity index (χ3n) is 2.83. The summed E-state index contributed by atoms with van der Waals surface area (Å²) in [5.74, 6) is -0.439. The zero-order chi connectivity index (χ0) is 12.4. The fourth-order valence-corrected chi connectivity index (χ4v) is 1.80. The number of benzene rings is 2. The number of Topliss-reactive ketones (excluding diaryl/α,β-unsaturated/α-hetero) is 1. The van der Waals surface area contributed by atoms with Crippen molar-refractivity contribution in [1.82, 2.24) is 0 Å². The van der Waals surface area contributed by atoms with Gasteiger partial charge in [0.2, 0.25) is 0 Å². The van der Waals surface area contributed by atoms with E-state index in [0.717, 1.165) is 10.8 Å². The Morgan fingerprint density at radius 2 is 1.71 bits per heavy atom. The minimum atomic E-state index is -1.36. The first kappa shape index (κ1) is 11.8. The van der Waals surface area contributed by atoms with Crippen molar-refractivity contribution in [1.29, 1.82) is 0 Å². The number of carbonyl (C=O) groups excluding carboxylic acids is 1.